The lowest BCUT2D eigenvalue weighted by atomic mass is 9.43. The summed E-state index contributed by atoms with van der Waals surface area (Å²) >= 11 is 0. The van der Waals surface area contributed by atoms with Gasteiger partial charge in [0.2, 0.25) is 0 Å². The third kappa shape index (κ3) is 4.05. The first-order valence-corrected chi connectivity index (χ1v) is 15.0. The average molecular weight is 514 g/mol. The van der Waals surface area contributed by atoms with Crippen LogP contribution < -0.4 is 5.32 Å². The number of carbonyl (C=O) groups excluding carboxylic acids is 2. The Morgan fingerprint density at radius 1 is 1.03 bits per heavy atom. The Morgan fingerprint density at radius 3 is 2.65 bits per heavy atom. The molecule has 4 aliphatic carbocycles. The number of nitrogens with zero attached hydrogens (tertiary/aromatic N) is 2. The Hall–Kier alpha value is -1.60. The Labute approximate surface area is 222 Å². The fourth-order valence-electron chi connectivity index (χ4n) is 10.1. The van der Waals surface area contributed by atoms with Crippen LogP contribution in [0.2, 0.25) is 0 Å². The van der Waals surface area contributed by atoms with Gasteiger partial charge in [0.15, 0.2) is 0 Å². The molecular weight excluding hydrogens is 466 g/mol. The van der Waals surface area contributed by atoms with Crippen molar-refractivity contribution in [1.29, 1.82) is 0 Å². The minimum Gasteiger partial charge on any atom is -0.458 e. The van der Waals surface area contributed by atoms with Gasteiger partial charge in [0.25, 0.3) is 0 Å². The summed E-state index contributed by atoms with van der Waals surface area (Å²) in [6, 6.07) is 0.392. The number of carbonyl (C=O) groups is 2. The third-order valence-corrected chi connectivity index (χ3v) is 12.3. The topological polar surface area (TPSA) is 82.1 Å². The largest absolute Gasteiger partial charge is 0.458 e. The first-order chi connectivity index (χ1) is 17.6. The van der Waals surface area contributed by atoms with Crippen molar-refractivity contribution in [2.24, 2.45) is 34.5 Å². The highest BCUT2D eigenvalue weighted by molar-refractivity contribution is 5.85. The predicted molar refractivity (Wildman–Crippen MR) is 142 cm³/mol. The maximum atomic E-state index is 13.1. The van der Waals surface area contributed by atoms with Gasteiger partial charge < -0.3 is 25.0 Å². The summed E-state index contributed by atoms with van der Waals surface area (Å²) in [7, 11) is 2.14. The number of cyclic esters (lactones) is 1. The van der Waals surface area contributed by atoms with Gasteiger partial charge in [-0.25, -0.2) is 9.59 Å². The molecule has 2 amide bonds. The summed E-state index contributed by atoms with van der Waals surface area (Å²) in [6.45, 7) is 8.88. The fraction of sp³-hybridized carbons (Fsp3) is 0.867. The fourth-order valence-corrected chi connectivity index (χ4v) is 10.1. The molecule has 6 aliphatic rings. The predicted octanol–water partition coefficient (Wildman–Crippen LogP) is 3.96. The Bertz CT molecular complexity index is 968. The summed E-state index contributed by atoms with van der Waals surface area (Å²) in [5.41, 5.74) is 0.500. The molecule has 2 N–H and O–H groups in total. The zero-order chi connectivity index (χ0) is 26.0. The summed E-state index contributed by atoms with van der Waals surface area (Å²) in [5.74, 6) is 1.51. The van der Waals surface area contributed by atoms with E-state index in [0.717, 1.165) is 96.0 Å². The van der Waals surface area contributed by atoms with Crippen LogP contribution in [0.1, 0.15) is 78.1 Å². The lowest BCUT2D eigenvalue weighted by molar-refractivity contribution is -0.204. The first-order valence-electron chi connectivity index (χ1n) is 15.0. The zero-order valence-electron chi connectivity index (χ0n) is 23.1. The highest BCUT2D eigenvalue weighted by Gasteiger charge is 2.67. The van der Waals surface area contributed by atoms with Gasteiger partial charge in [-0.05, 0) is 112 Å². The molecule has 0 radical (unpaired) electrons. The molecule has 6 rings (SSSR count). The van der Waals surface area contributed by atoms with Gasteiger partial charge in [-0.1, -0.05) is 13.8 Å². The highest BCUT2D eigenvalue weighted by atomic mass is 16.5. The van der Waals surface area contributed by atoms with Crippen molar-refractivity contribution in [1.82, 2.24) is 15.1 Å². The van der Waals surface area contributed by atoms with Crippen molar-refractivity contribution in [3.05, 3.63) is 11.6 Å². The van der Waals surface area contributed by atoms with Gasteiger partial charge in [-0.2, -0.15) is 0 Å². The molecule has 7 heteroatoms. The van der Waals surface area contributed by atoms with E-state index in [9.17, 15) is 14.7 Å². The van der Waals surface area contributed by atoms with E-state index in [-0.39, 0.29) is 34.8 Å². The van der Waals surface area contributed by atoms with Gasteiger partial charge in [0.05, 0.1) is 5.60 Å². The zero-order valence-corrected chi connectivity index (χ0v) is 23.1. The second-order valence-electron chi connectivity index (χ2n) is 13.9. The Morgan fingerprint density at radius 2 is 1.86 bits per heavy atom. The van der Waals surface area contributed by atoms with E-state index >= 15 is 0 Å². The van der Waals surface area contributed by atoms with Gasteiger partial charge >= 0.3 is 12.0 Å². The molecule has 5 fully saturated rings. The standard InChI is InChI=1S/C30H47N3O4/c1-28-10-7-22(31-27(35)33-14-4-13-32(3)15-16-33)18-21(28)5-6-25-24(28)8-11-29(2)23(9-12-30(25,29)36)20-17-26(34)37-19-20/h17,21-25,36H,4-16,18-19H2,1-3H3,(H,31,35)/t21-,22+,23-,24+,25-,28+,29-,30+/m1/s1. The number of likely N-dealkylation sites (N-methyl/N-ethyl adjacent to an activating group) is 1. The van der Waals surface area contributed by atoms with Crippen molar-refractivity contribution < 1.29 is 19.4 Å². The third-order valence-electron chi connectivity index (χ3n) is 12.3. The van der Waals surface area contributed by atoms with E-state index in [1.807, 2.05) is 4.90 Å². The molecule has 0 unspecified atom stereocenters. The first kappa shape index (κ1) is 25.7. The summed E-state index contributed by atoms with van der Waals surface area (Å²) in [6.07, 6.45) is 12.2. The van der Waals surface area contributed by atoms with E-state index in [2.05, 4.69) is 31.1 Å². The van der Waals surface area contributed by atoms with Crippen LogP contribution in [-0.4, -0.2) is 78.4 Å². The van der Waals surface area contributed by atoms with Crippen LogP contribution in [0.25, 0.3) is 0 Å². The molecule has 0 spiro atoms. The second kappa shape index (κ2) is 9.25. The van der Waals surface area contributed by atoms with E-state index < -0.39 is 5.60 Å². The van der Waals surface area contributed by atoms with E-state index in [0.29, 0.717) is 24.4 Å². The van der Waals surface area contributed by atoms with Crippen LogP contribution in [-0.2, 0) is 9.53 Å². The van der Waals surface area contributed by atoms with Crippen LogP contribution in [0.5, 0.6) is 0 Å². The smallest absolute Gasteiger partial charge is 0.331 e. The molecule has 0 aromatic carbocycles. The maximum absolute atomic E-state index is 13.1. The summed E-state index contributed by atoms with van der Waals surface area (Å²) < 4.78 is 5.27. The monoisotopic (exact) mass is 513 g/mol. The minimum absolute atomic E-state index is 0.126. The van der Waals surface area contributed by atoms with Crippen molar-refractivity contribution >= 4 is 12.0 Å². The number of amides is 2. The Balaban J connectivity index is 1.13. The second-order valence-corrected chi connectivity index (χ2v) is 13.9. The lowest BCUT2D eigenvalue weighted by Crippen LogP contribution is -2.63. The molecule has 0 aromatic heterocycles. The number of esters is 1. The quantitative estimate of drug-likeness (QED) is 0.547. The maximum Gasteiger partial charge on any atom is 0.331 e. The van der Waals surface area contributed by atoms with Crippen molar-refractivity contribution in [2.45, 2.75) is 89.7 Å². The molecule has 2 aliphatic heterocycles. The molecule has 2 heterocycles. The highest BCUT2D eigenvalue weighted by Crippen LogP contribution is 2.69. The Kier molecular flexibility index (Phi) is 6.42. The van der Waals surface area contributed by atoms with E-state index in [1.165, 1.54) is 0 Å². The molecule has 0 bridgehead atoms. The van der Waals surface area contributed by atoms with E-state index in [1.54, 1.807) is 6.08 Å². The molecular formula is C30H47N3O4. The summed E-state index contributed by atoms with van der Waals surface area (Å²) in [4.78, 5) is 29.2. The number of ether oxygens (including phenoxy) is 1. The van der Waals surface area contributed by atoms with Crippen molar-refractivity contribution in [3.63, 3.8) is 0 Å². The molecule has 8 atom stereocenters. The van der Waals surface area contributed by atoms with Gasteiger partial charge in [0, 0.05) is 37.2 Å². The van der Waals surface area contributed by atoms with Crippen molar-refractivity contribution in [3.8, 4) is 0 Å². The molecule has 206 valence electrons. The van der Waals surface area contributed by atoms with Crippen LogP contribution in [0.15, 0.2) is 11.6 Å². The van der Waals surface area contributed by atoms with E-state index in [4.69, 9.17) is 4.74 Å². The SMILES string of the molecule is CN1CCCN(C(=O)N[C@H]2CC[C@@]3(C)[C@H](CC[C@@H]4[C@@H]3CC[C@]3(C)[C@@H](C5=CC(=O)OC5)CC[C@]43O)C2)CC1. The molecule has 1 saturated heterocycles. The average Bonchev–Trinajstić information content (AvgIpc) is 3.32. The number of hydrogen-bond donors (Lipinski definition) is 2. The van der Waals surface area contributed by atoms with Crippen LogP contribution in [0, 0.1) is 34.5 Å². The van der Waals surface area contributed by atoms with Crippen LogP contribution in [0.3, 0.4) is 0 Å². The molecule has 0 aromatic rings. The number of nitrogens with one attached hydrogen (secondary N) is 1. The van der Waals surface area contributed by atoms with Crippen molar-refractivity contribution in [2.75, 3.05) is 39.8 Å². The van der Waals surface area contributed by atoms with Gasteiger partial charge in [-0.3, -0.25) is 0 Å². The number of hydrogen-bond acceptors (Lipinski definition) is 5. The summed E-state index contributed by atoms with van der Waals surface area (Å²) in [5, 5.41) is 15.8. The van der Waals surface area contributed by atoms with Gasteiger partial charge in [-0.15, -0.1) is 0 Å². The molecule has 4 saturated carbocycles. The molecule has 7 nitrogen and oxygen atoms in total. The normalized spacial score (nSPS) is 46.3. The number of aliphatic hydroxyl groups is 1. The number of rotatable bonds is 2. The number of fused-ring (bicyclic) bond motifs is 5. The minimum atomic E-state index is -0.661. The van der Waals surface area contributed by atoms with Crippen LogP contribution >= 0.6 is 0 Å². The lowest BCUT2D eigenvalue weighted by Gasteiger charge is -2.64. The van der Waals surface area contributed by atoms with Crippen LogP contribution in [0.4, 0.5) is 4.79 Å². The number of urea groups is 1. The van der Waals surface area contributed by atoms with Gasteiger partial charge in [0.1, 0.15) is 6.61 Å². The molecule has 37 heavy (non-hydrogen) atoms.